The van der Waals surface area contributed by atoms with Gasteiger partial charge in [-0.05, 0) is 87.8 Å². The summed E-state index contributed by atoms with van der Waals surface area (Å²) in [4.78, 5) is 7.33. The normalized spacial score (nSPS) is 11.2. The fourth-order valence-electron chi connectivity index (χ4n) is 6.79. The summed E-state index contributed by atoms with van der Waals surface area (Å²) in [5.41, 5.74) is 12.7. The smallest absolute Gasteiger partial charge is 0.227 e. The first-order chi connectivity index (χ1) is 24.8. The molecule has 0 radical (unpaired) electrons. The van der Waals surface area contributed by atoms with Crippen molar-refractivity contribution in [1.82, 2.24) is 4.98 Å². The van der Waals surface area contributed by atoms with Gasteiger partial charge in [-0.25, -0.2) is 4.98 Å². The van der Waals surface area contributed by atoms with E-state index in [1.54, 1.807) is 0 Å². The van der Waals surface area contributed by atoms with E-state index in [4.69, 9.17) is 9.40 Å². The van der Waals surface area contributed by atoms with Gasteiger partial charge < -0.3 is 9.32 Å². The molecular weight excluding hydrogens is 609 g/mol. The van der Waals surface area contributed by atoms with E-state index in [1.807, 2.05) is 30.3 Å². The molecule has 1 aromatic heterocycles. The molecule has 50 heavy (non-hydrogen) atoms. The fraction of sp³-hybridized carbons (Fsp3) is 0. The van der Waals surface area contributed by atoms with Crippen LogP contribution >= 0.6 is 0 Å². The predicted octanol–water partition coefficient (Wildman–Crippen LogP) is 13.1. The molecule has 3 heteroatoms. The Balaban J connectivity index is 1.16. The minimum absolute atomic E-state index is 0.623. The second-order valence-electron chi connectivity index (χ2n) is 12.4. The van der Waals surface area contributed by atoms with E-state index in [0.717, 1.165) is 55.6 Å². The molecule has 0 saturated heterocycles. The molecule has 8 aromatic carbocycles. The Kier molecular flexibility index (Phi) is 7.49. The van der Waals surface area contributed by atoms with Gasteiger partial charge in [0.05, 0.1) is 0 Å². The van der Waals surface area contributed by atoms with Crippen molar-refractivity contribution in [1.29, 1.82) is 0 Å². The number of nitrogens with zero attached hydrogens (tertiary/aromatic N) is 2. The lowest BCUT2D eigenvalue weighted by atomic mass is 9.99. The van der Waals surface area contributed by atoms with Gasteiger partial charge in [0, 0.05) is 33.6 Å². The van der Waals surface area contributed by atoms with E-state index < -0.39 is 0 Å². The summed E-state index contributed by atoms with van der Waals surface area (Å²) < 4.78 is 6.55. The maximum atomic E-state index is 6.55. The zero-order chi connectivity index (χ0) is 33.3. The van der Waals surface area contributed by atoms with Crippen LogP contribution < -0.4 is 4.90 Å². The lowest BCUT2D eigenvalue weighted by Gasteiger charge is -2.26. The summed E-state index contributed by atoms with van der Waals surface area (Å²) in [6.45, 7) is 0. The van der Waals surface area contributed by atoms with Crippen LogP contribution in [0, 0.1) is 0 Å². The number of fused-ring (bicyclic) bond motifs is 3. The van der Waals surface area contributed by atoms with E-state index in [1.165, 1.54) is 22.3 Å². The third-order valence-electron chi connectivity index (χ3n) is 9.29. The first-order valence-corrected chi connectivity index (χ1v) is 16.9. The van der Waals surface area contributed by atoms with Crippen LogP contribution in [0.3, 0.4) is 0 Å². The van der Waals surface area contributed by atoms with Gasteiger partial charge in [-0.3, -0.25) is 0 Å². The maximum absolute atomic E-state index is 6.55. The van der Waals surface area contributed by atoms with Crippen molar-refractivity contribution in [3.05, 3.63) is 194 Å². The van der Waals surface area contributed by atoms with Crippen molar-refractivity contribution in [3.63, 3.8) is 0 Å². The van der Waals surface area contributed by atoms with Gasteiger partial charge in [-0.1, -0.05) is 140 Å². The van der Waals surface area contributed by atoms with Gasteiger partial charge in [0.25, 0.3) is 0 Å². The number of benzene rings is 8. The Hall–Kier alpha value is -6.71. The van der Waals surface area contributed by atoms with Crippen LogP contribution in [-0.4, -0.2) is 4.98 Å². The van der Waals surface area contributed by atoms with Crippen molar-refractivity contribution < 1.29 is 4.42 Å². The van der Waals surface area contributed by atoms with Gasteiger partial charge in [0.15, 0.2) is 5.58 Å². The molecule has 0 unspecified atom stereocenters. The van der Waals surface area contributed by atoms with Gasteiger partial charge >= 0.3 is 0 Å². The summed E-state index contributed by atoms with van der Waals surface area (Å²) in [5.74, 6) is 0.623. The van der Waals surface area contributed by atoms with Crippen molar-refractivity contribution >= 4 is 38.9 Å². The van der Waals surface area contributed by atoms with Gasteiger partial charge in [0.2, 0.25) is 5.89 Å². The highest BCUT2D eigenvalue weighted by atomic mass is 16.3. The van der Waals surface area contributed by atoms with Crippen LogP contribution in [-0.2, 0) is 0 Å². The van der Waals surface area contributed by atoms with Crippen LogP contribution in [0.4, 0.5) is 17.1 Å². The zero-order valence-corrected chi connectivity index (χ0v) is 27.3. The van der Waals surface area contributed by atoms with Crippen LogP contribution in [0.25, 0.3) is 66.7 Å². The standard InChI is InChI=1S/C47H32N2O/c1-4-13-33(14-5-1)35-23-27-40(28-24-35)49(42-21-12-20-38(31-42)34-15-6-2-7-16-34)41-29-25-36(26-30-41)44-32-39-19-10-11-22-43(39)45-46(44)50-47(48-45)37-17-8-3-9-18-37/h1-32H. The molecule has 9 rings (SSSR count). The molecule has 0 bridgehead atoms. The monoisotopic (exact) mass is 640 g/mol. The third kappa shape index (κ3) is 5.51. The van der Waals surface area contributed by atoms with Crippen molar-refractivity contribution in [2.45, 2.75) is 0 Å². The number of hydrogen-bond donors (Lipinski definition) is 0. The van der Waals surface area contributed by atoms with E-state index in [2.05, 4.69) is 169 Å². The first kappa shape index (κ1) is 29.4. The number of aromatic nitrogens is 1. The average molecular weight is 641 g/mol. The Morgan fingerprint density at radius 2 is 0.900 bits per heavy atom. The summed E-state index contributed by atoms with van der Waals surface area (Å²) in [6, 6.07) is 68.1. The predicted molar refractivity (Wildman–Crippen MR) is 208 cm³/mol. The van der Waals surface area contributed by atoms with Gasteiger partial charge in [-0.2, -0.15) is 0 Å². The lowest BCUT2D eigenvalue weighted by Crippen LogP contribution is -2.10. The van der Waals surface area contributed by atoms with Crippen molar-refractivity contribution in [3.8, 4) is 44.8 Å². The second kappa shape index (κ2) is 12.7. The molecule has 3 nitrogen and oxygen atoms in total. The molecule has 0 aliphatic rings. The summed E-state index contributed by atoms with van der Waals surface area (Å²) >= 11 is 0. The minimum atomic E-state index is 0.623. The van der Waals surface area contributed by atoms with E-state index in [9.17, 15) is 0 Å². The Morgan fingerprint density at radius 3 is 1.56 bits per heavy atom. The van der Waals surface area contributed by atoms with Crippen LogP contribution in [0.1, 0.15) is 0 Å². The highest BCUT2D eigenvalue weighted by Gasteiger charge is 2.18. The lowest BCUT2D eigenvalue weighted by molar-refractivity contribution is 0.621. The molecule has 0 amide bonds. The molecular formula is C47H32N2O. The Labute approximate surface area is 291 Å². The average Bonchev–Trinajstić information content (AvgIpc) is 3.66. The summed E-state index contributed by atoms with van der Waals surface area (Å²) in [5, 5.41) is 2.21. The van der Waals surface area contributed by atoms with Crippen molar-refractivity contribution in [2.75, 3.05) is 4.90 Å². The molecule has 0 N–H and O–H groups in total. The maximum Gasteiger partial charge on any atom is 0.227 e. The molecule has 0 spiro atoms. The number of anilines is 3. The van der Waals surface area contributed by atoms with E-state index in [0.29, 0.717) is 5.89 Å². The van der Waals surface area contributed by atoms with Crippen molar-refractivity contribution in [2.24, 2.45) is 0 Å². The molecule has 1 heterocycles. The fourth-order valence-corrected chi connectivity index (χ4v) is 6.79. The summed E-state index contributed by atoms with van der Waals surface area (Å²) in [7, 11) is 0. The molecule has 0 atom stereocenters. The highest BCUT2D eigenvalue weighted by molar-refractivity contribution is 6.10. The Bertz CT molecular complexity index is 2560. The van der Waals surface area contributed by atoms with Crippen LogP contribution in [0.2, 0.25) is 0 Å². The minimum Gasteiger partial charge on any atom is -0.435 e. The summed E-state index contributed by atoms with van der Waals surface area (Å²) in [6.07, 6.45) is 0. The quantitative estimate of drug-likeness (QED) is 0.174. The van der Waals surface area contributed by atoms with Gasteiger partial charge in [-0.15, -0.1) is 0 Å². The molecule has 0 aliphatic carbocycles. The number of hydrogen-bond acceptors (Lipinski definition) is 3. The molecule has 236 valence electrons. The van der Waals surface area contributed by atoms with E-state index >= 15 is 0 Å². The number of rotatable bonds is 7. The van der Waals surface area contributed by atoms with Crippen LogP contribution in [0.5, 0.6) is 0 Å². The first-order valence-electron chi connectivity index (χ1n) is 16.9. The van der Waals surface area contributed by atoms with Gasteiger partial charge in [0.1, 0.15) is 5.52 Å². The zero-order valence-electron chi connectivity index (χ0n) is 27.3. The molecule has 0 saturated carbocycles. The molecule has 0 aliphatic heterocycles. The Morgan fingerprint density at radius 1 is 0.380 bits per heavy atom. The number of oxazole rings is 1. The SMILES string of the molecule is c1ccc(-c2ccc(N(c3ccc(-c4cc5ccccc5c5nc(-c6ccccc6)oc45)cc3)c3cccc(-c4ccccc4)c3)cc2)cc1. The topological polar surface area (TPSA) is 29.3 Å². The third-order valence-corrected chi connectivity index (χ3v) is 9.29. The van der Waals surface area contributed by atoms with Crippen LogP contribution in [0.15, 0.2) is 199 Å². The highest BCUT2D eigenvalue weighted by Crippen LogP contribution is 2.41. The molecule has 9 aromatic rings. The molecule has 0 fully saturated rings. The van der Waals surface area contributed by atoms with E-state index in [-0.39, 0.29) is 0 Å². The largest absolute Gasteiger partial charge is 0.435 e. The second-order valence-corrected chi connectivity index (χ2v) is 12.4.